The van der Waals surface area contributed by atoms with Crippen molar-refractivity contribution in [3.05, 3.63) is 36.5 Å². The number of unbranched alkanes of at least 4 members (excludes halogenated alkanes) is 4. The number of rotatable bonds is 8. The summed E-state index contributed by atoms with van der Waals surface area (Å²) in [6.45, 7) is 5.54. The standard InChI is InChI=1S/C19H29N3O/c1-2-3-4-5-6-7-8-12-19(23)22-16-14-21(15-17-22)18-11-9-10-13-20-18/h7-11,13H,2-6,12,14-17H2,1H3/b8-7+. The van der Waals surface area contributed by atoms with Crippen LogP contribution in [0.5, 0.6) is 0 Å². The Balaban J connectivity index is 1.64. The maximum atomic E-state index is 12.2. The summed E-state index contributed by atoms with van der Waals surface area (Å²) in [5.74, 6) is 1.25. The molecule has 0 saturated carbocycles. The van der Waals surface area contributed by atoms with E-state index in [1.54, 1.807) is 0 Å². The van der Waals surface area contributed by atoms with Crippen molar-refractivity contribution in [1.82, 2.24) is 9.88 Å². The van der Waals surface area contributed by atoms with Crippen LogP contribution in [-0.2, 0) is 4.79 Å². The summed E-state index contributed by atoms with van der Waals surface area (Å²) in [7, 11) is 0. The van der Waals surface area contributed by atoms with Crippen LogP contribution in [0.15, 0.2) is 36.5 Å². The van der Waals surface area contributed by atoms with Gasteiger partial charge in [0.15, 0.2) is 0 Å². The Hall–Kier alpha value is -1.84. The van der Waals surface area contributed by atoms with Crippen LogP contribution in [0, 0.1) is 0 Å². The largest absolute Gasteiger partial charge is 0.353 e. The van der Waals surface area contributed by atoms with Gasteiger partial charge in [-0.05, 0) is 25.0 Å². The van der Waals surface area contributed by atoms with Crippen molar-refractivity contribution in [2.45, 2.75) is 45.4 Å². The summed E-state index contributed by atoms with van der Waals surface area (Å²) in [5, 5.41) is 0. The van der Waals surface area contributed by atoms with Crippen molar-refractivity contribution in [2.75, 3.05) is 31.1 Å². The van der Waals surface area contributed by atoms with Crippen LogP contribution in [0.3, 0.4) is 0 Å². The number of anilines is 1. The van der Waals surface area contributed by atoms with Crippen LogP contribution >= 0.6 is 0 Å². The molecule has 126 valence electrons. The third-order valence-corrected chi connectivity index (χ3v) is 4.29. The van der Waals surface area contributed by atoms with E-state index in [2.05, 4.69) is 22.9 Å². The van der Waals surface area contributed by atoms with Crippen molar-refractivity contribution in [3.8, 4) is 0 Å². The number of pyridine rings is 1. The average molecular weight is 315 g/mol. The Bertz CT molecular complexity index is 479. The smallest absolute Gasteiger partial charge is 0.226 e. The van der Waals surface area contributed by atoms with E-state index in [4.69, 9.17) is 0 Å². The summed E-state index contributed by atoms with van der Waals surface area (Å²) in [6, 6.07) is 5.96. The van der Waals surface area contributed by atoms with Gasteiger partial charge in [0, 0.05) is 38.8 Å². The molecule has 1 aromatic rings. The van der Waals surface area contributed by atoms with E-state index in [1.165, 1.54) is 25.7 Å². The lowest BCUT2D eigenvalue weighted by molar-refractivity contribution is -0.130. The fourth-order valence-electron chi connectivity index (χ4n) is 2.85. The molecule has 1 amide bonds. The third kappa shape index (κ3) is 6.05. The number of allylic oxidation sites excluding steroid dienone is 1. The van der Waals surface area contributed by atoms with Gasteiger partial charge in [0.2, 0.25) is 5.91 Å². The van der Waals surface area contributed by atoms with Gasteiger partial charge in [-0.25, -0.2) is 4.98 Å². The van der Waals surface area contributed by atoms with Crippen molar-refractivity contribution >= 4 is 11.7 Å². The van der Waals surface area contributed by atoms with Gasteiger partial charge in [-0.15, -0.1) is 0 Å². The van der Waals surface area contributed by atoms with E-state index >= 15 is 0 Å². The zero-order chi connectivity index (χ0) is 16.3. The number of nitrogens with zero attached hydrogens (tertiary/aromatic N) is 3. The van der Waals surface area contributed by atoms with Crippen LogP contribution in [0.1, 0.15) is 45.4 Å². The molecule has 1 aliphatic heterocycles. The van der Waals surface area contributed by atoms with Gasteiger partial charge in [0.25, 0.3) is 0 Å². The maximum Gasteiger partial charge on any atom is 0.226 e. The van der Waals surface area contributed by atoms with Gasteiger partial charge in [0.1, 0.15) is 5.82 Å². The fraction of sp³-hybridized carbons (Fsp3) is 0.579. The van der Waals surface area contributed by atoms with Gasteiger partial charge < -0.3 is 9.80 Å². The van der Waals surface area contributed by atoms with E-state index < -0.39 is 0 Å². The monoisotopic (exact) mass is 315 g/mol. The molecule has 1 aromatic heterocycles. The number of carbonyl (C=O) groups is 1. The molecule has 4 nitrogen and oxygen atoms in total. The molecule has 1 saturated heterocycles. The second-order valence-corrected chi connectivity index (χ2v) is 6.08. The highest BCUT2D eigenvalue weighted by Crippen LogP contribution is 2.13. The quantitative estimate of drug-likeness (QED) is 0.543. The first-order valence-electron chi connectivity index (χ1n) is 8.90. The molecule has 0 unspecified atom stereocenters. The highest BCUT2D eigenvalue weighted by atomic mass is 16.2. The van der Waals surface area contributed by atoms with Crippen LogP contribution in [0.25, 0.3) is 0 Å². The topological polar surface area (TPSA) is 36.4 Å². The summed E-state index contributed by atoms with van der Waals surface area (Å²) in [5.41, 5.74) is 0. The first-order chi connectivity index (χ1) is 11.3. The number of carbonyl (C=O) groups excluding carboxylic acids is 1. The second-order valence-electron chi connectivity index (χ2n) is 6.08. The summed E-state index contributed by atoms with van der Waals surface area (Å²) in [6.07, 6.45) is 12.8. The lowest BCUT2D eigenvalue weighted by Gasteiger charge is -2.35. The first kappa shape index (κ1) is 17.5. The van der Waals surface area contributed by atoms with E-state index in [1.807, 2.05) is 35.4 Å². The minimum Gasteiger partial charge on any atom is -0.353 e. The van der Waals surface area contributed by atoms with Crippen molar-refractivity contribution in [3.63, 3.8) is 0 Å². The van der Waals surface area contributed by atoms with Gasteiger partial charge in [-0.1, -0.05) is 44.4 Å². The van der Waals surface area contributed by atoms with E-state index in [0.717, 1.165) is 38.4 Å². The number of hydrogen-bond acceptors (Lipinski definition) is 3. The van der Waals surface area contributed by atoms with Gasteiger partial charge in [-0.3, -0.25) is 4.79 Å². The zero-order valence-electron chi connectivity index (χ0n) is 14.3. The van der Waals surface area contributed by atoms with E-state index in [0.29, 0.717) is 6.42 Å². The number of piperazine rings is 1. The van der Waals surface area contributed by atoms with Crippen LogP contribution in [0.2, 0.25) is 0 Å². The highest BCUT2D eigenvalue weighted by molar-refractivity contribution is 5.78. The van der Waals surface area contributed by atoms with Crippen LogP contribution in [-0.4, -0.2) is 42.0 Å². The SMILES string of the molecule is CCCCCC/C=C/CC(=O)N1CCN(c2ccccn2)CC1. The molecule has 1 aliphatic rings. The molecule has 0 N–H and O–H groups in total. The Kier molecular flexibility index (Phi) is 7.64. The van der Waals surface area contributed by atoms with Gasteiger partial charge in [0.05, 0.1) is 0 Å². The molecule has 0 atom stereocenters. The number of hydrogen-bond donors (Lipinski definition) is 0. The summed E-state index contributed by atoms with van der Waals surface area (Å²) in [4.78, 5) is 20.8. The van der Waals surface area contributed by atoms with Gasteiger partial charge in [-0.2, -0.15) is 0 Å². The molecule has 1 fully saturated rings. The molecule has 0 bridgehead atoms. The molecule has 0 aliphatic carbocycles. The number of aromatic nitrogens is 1. The number of amides is 1. The lowest BCUT2D eigenvalue weighted by atomic mass is 10.1. The van der Waals surface area contributed by atoms with Crippen molar-refractivity contribution in [1.29, 1.82) is 0 Å². The van der Waals surface area contributed by atoms with Crippen LogP contribution < -0.4 is 4.90 Å². The Morgan fingerprint density at radius 1 is 1.13 bits per heavy atom. The Morgan fingerprint density at radius 2 is 1.96 bits per heavy atom. The molecule has 2 rings (SSSR count). The average Bonchev–Trinajstić information content (AvgIpc) is 2.61. The van der Waals surface area contributed by atoms with Crippen molar-refractivity contribution < 1.29 is 4.79 Å². The lowest BCUT2D eigenvalue weighted by Crippen LogP contribution is -2.48. The highest BCUT2D eigenvalue weighted by Gasteiger charge is 2.20. The minimum atomic E-state index is 0.246. The summed E-state index contributed by atoms with van der Waals surface area (Å²) >= 11 is 0. The molecule has 0 spiro atoms. The van der Waals surface area contributed by atoms with E-state index in [-0.39, 0.29) is 5.91 Å². The second kappa shape index (κ2) is 10.0. The van der Waals surface area contributed by atoms with Crippen LogP contribution in [0.4, 0.5) is 5.82 Å². The Labute approximate surface area is 140 Å². The molecule has 0 radical (unpaired) electrons. The maximum absolute atomic E-state index is 12.2. The third-order valence-electron chi connectivity index (χ3n) is 4.29. The first-order valence-corrected chi connectivity index (χ1v) is 8.90. The minimum absolute atomic E-state index is 0.246. The normalized spacial score (nSPS) is 15.3. The van der Waals surface area contributed by atoms with E-state index in [9.17, 15) is 4.79 Å². The molecular weight excluding hydrogens is 286 g/mol. The molecule has 2 heterocycles. The molecule has 4 heteroatoms. The predicted molar refractivity (Wildman–Crippen MR) is 95.5 cm³/mol. The fourth-order valence-corrected chi connectivity index (χ4v) is 2.85. The molecule has 0 aromatic carbocycles. The summed E-state index contributed by atoms with van der Waals surface area (Å²) < 4.78 is 0. The predicted octanol–water partition coefficient (Wildman–Crippen LogP) is 3.65. The zero-order valence-corrected chi connectivity index (χ0v) is 14.3. The molecule has 23 heavy (non-hydrogen) atoms. The van der Waals surface area contributed by atoms with Crippen molar-refractivity contribution in [2.24, 2.45) is 0 Å². The Morgan fingerprint density at radius 3 is 2.65 bits per heavy atom. The van der Waals surface area contributed by atoms with Gasteiger partial charge >= 0.3 is 0 Å². The molecular formula is C19H29N3O.